The summed E-state index contributed by atoms with van der Waals surface area (Å²) in [5.74, 6) is -0.417. The number of ketones is 1. The fourth-order valence-corrected chi connectivity index (χ4v) is 2.65. The number of fused-ring (bicyclic) bond motifs is 1. The molecule has 1 aromatic heterocycles. The van der Waals surface area contributed by atoms with Gasteiger partial charge in [-0.2, -0.15) is 0 Å². The molecule has 0 bridgehead atoms. The van der Waals surface area contributed by atoms with Crippen molar-refractivity contribution >= 4 is 16.9 Å². The molecule has 0 radical (unpaired) electrons. The Hall–Kier alpha value is -1.88. The van der Waals surface area contributed by atoms with Gasteiger partial charge < -0.3 is 9.15 Å². The summed E-state index contributed by atoms with van der Waals surface area (Å²) in [6.45, 7) is 3.07. The van der Waals surface area contributed by atoms with Crippen molar-refractivity contribution in [3.05, 3.63) is 34.3 Å². The van der Waals surface area contributed by atoms with Crippen LogP contribution in [0.5, 0.6) is 0 Å². The molecule has 20 heavy (non-hydrogen) atoms. The first-order chi connectivity index (χ1) is 9.70. The Morgan fingerprint density at radius 3 is 2.95 bits per heavy atom. The average Bonchev–Trinajstić information content (AvgIpc) is 2.81. The molecule has 1 aliphatic heterocycles. The summed E-state index contributed by atoms with van der Waals surface area (Å²) in [6.07, 6.45) is 2.43. The SMILES string of the molecule is CCn1c(=O)oc2cc(C(=O)C3CCCCO3)ccc21. The van der Waals surface area contributed by atoms with Gasteiger partial charge in [-0.3, -0.25) is 9.36 Å². The summed E-state index contributed by atoms with van der Waals surface area (Å²) in [6, 6.07) is 5.15. The number of hydrogen-bond acceptors (Lipinski definition) is 4. The summed E-state index contributed by atoms with van der Waals surface area (Å²) < 4.78 is 12.2. The second-order valence-corrected chi connectivity index (χ2v) is 5.01. The number of aromatic nitrogens is 1. The standard InChI is InChI=1S/C15H17NO4/c1-2-16-11-7-6-10(9-13(11)20-15(16)18)14(17)12-5-3-4-8-19-12/h6-7,9,12H,2-5,8H2,1H3. The molecule has 106 valence electrons. The Bertz CT molecular complexity index is 691. The maximum atomic E-state index is 12.4. The van der Waals surface area contributed by atoms with E-state index in [9.17, 15) is 9.59 Å². The van der Waals surface area contributed by atoms with Crippen LogP contribution in [0.2, 0.25) is 0 Å². The summed E-state index contributed by atoms with van der Waals surface area (Å²) in [4.78, 5) is 24.0. The van der Waals surface area contributed by atoms with E-state index < -0.39 is 0 Å². The molecule has 2 aromatic rings. The molecule has 1 atom stereocenters. The second kappa shape index (κ2) is 5.25. The zero-order valence-electron chi connectivity index (χ0n) is 11.4. The van der Waals surface area contributed by atoms with Crippen molar-refractivity contribution < 1.29 is 13.9 Å². The molecule has 1 unspecified atom stereocenters. The number of aryl methyl sites for hydroxylation is 1. The molecule has 1 saturated heterocycles. The van der Waals surface area contributed by atoms with Gasteiger partial charge in [-0.1, -0.05) is 0 Å². The molecule has 1 aromatic carbocycles. The van der Waals surface area contributed by atoms with Gasteiger partial charge >= 0.3 is 5.76 Å². The van der Waals surface area contributed by atoms with Gasteiger partial charge in [-0.05, 0) is 44.4 Å². The maximum Gasteiger partial charge on any atom is 0.419 e. The van der Waals surface area contributed by atoms with Crippen molar-refractivity contribution in [1.82, 2.24) is 4.57 Å². The Labute approximate surface area is 116 Å². The number of oxazole rings is 1. The van der Waals surface area contributed by atoms with Crippen molar-refractivity contribution in [2.75, 3.05) is 6.61 Å². The first-order valence-corrected chi connectivity index (χ1v) is 7.00. The van der Waals surface area contributed by atoms with Gasteiger partial charge in [0.05, 0.1) is 5.52 Å². The number of nitrogens with zero attached hydrogens (tertiary/aromatic N) is 1. The monoisotopic (exact) mass is 275 g/mol. The van der Waals surface area contributed by atoms with E-state index in [1.807, 2.05) is 6.92 Å². The van der Waals surface area contributed by atoms with Crippen LogP contribution in [0, 0.1) is 0 Å². The van der Waals surface area contributed by atoms with Crippen LogP contribution in [-0.4, -0.2) is 23.1 Å². The van der Waals surface area contributed by atoms with Crippen molar-refractivity contribution in [3.63, 3.8) is 0 Å². The van der Waals surface area contributed by atoms with Gasteiger partial charge in [0.25, 0.3) is 0 Å². The average molecular weight is 275 g/mol. The molecule has 1 fully saturated rings. The second-order valence-electron chi connectivity index (χ2n) is 5.01. The number of carbonyl (C=O) groups is 1. The normalized spacial score (nSPS) is 19.4. The summed E-state index contributed by atoms with van der Waals surface area (Å²) in [5, 5.41) is 0. The van der Waals surface area contributed by atoms with E-state index in [1.165, 1.54) is 0 Å². The highest BCUT2D eigenvalue weighted by Crippen LogP contribution is 2.20. The van der Waals surface area contributed by atoms with Gasteiger partial charge in [0.1, 0.15) is 6.10 Å². The molecule has 0 N–H and O–H groups in total. The van der Waals surface area contributed by atoms with Crippen molar-refractivity contribution in [2.45, 2.75) is 38.8 Å². The first-order valence-electron chi connectivity index (χ1n) is 7.00. The Morgan fingerprint density at radius 2 is 2.25 bits per heavy atom. The van der Waals surface area contributed by atoms with E-state index in [2.05, 4.69) is 0 Å². The molecule has 0 spiro atoms. The third-order valence-corrected chi connectivity index (χ3v) is 3.74. The van der Waals surface area contributed by atoms with Crippen LogP contribution in [-0.2, 0) is 11.3 Å². The zero-order chi connectivity index (χ0) is 14.1. The quantitative estimate of drug-likeness (QED) is 0.807. The van der Waals surface area contributed by atoms with Gasteiger partial charge in [0.15, 0.2) is 11.4 Å². The van der Waals surface area contributed by atoms with E-state index in [-0.39, 0.29) is 17.6 Å². The van der Waals surface area contributed by atoms with Crippen LogP contribution >= 0.6 is 0 Å². The van der Waals surface area contributed by atoms with Crippen molar-refractivity contribution in [3.8, 4) is 0 Å². The highest BCUT2D eigenvalue weighted by atomic mass is 16.5. The zero-order valence-corrected chi connectivity index (χ0v) is 11.4. The lowest BCUT2D eigenvalue weighted by Crippen LogP contribution is -2.28. The summed E-state index contributed by atoms with van der Waals surface area (Å²) >= 11 is 0. The van der Waals surface area contributed by atoms with E-state index in [1.54, 1.807) is 22.8 Å². The van der Waals surface area contributed by atoms with Crippen LogP contribution in [0.15, 0.2) is 27.4 Å². The van der Waals surface area contributed by atoms with Crippen LogP contribution in [0.4, 0.5) is 0 Å². The highest BCUT2D eigenvalue weighted by Gasteiger charge is 2.24. The molecule has 1 aliphatic rings. The lowest BCUT2D eigenvalue weighted by molar-refractivity contribution is 0.0186. The number of rotatable bonds is 3. The molecule has 0 amide bonds. The van der Waals surface area contributed by atoms with Crippen molar-refractivity contribution in [2.24, 2.45) is 0 Å². The number of Topliss-reactive ketones (excluding diaryl/α,β-unsaturated/α-hetero) is 1. The van der Waals surface area contributed by atoms with E-state index in [4.69, 9.17) is 9.15 Å². The third kappa shape index (κ3) is 2.18. The Morgan fingerprint density at radius 1 is 1.40 bits per heavy atom. The minimum Gasteiger partial charge on any atom is -0.408 e. The number of benzene rings is 1. The van der Waals surface area contributed by atoms with Gasteiger partial charge in [-0.15, -0.1) is 0 Å². The molecule has 2 heterocycles. The predicted octanol–water partition coefficient (Wildman–Crippen LogP) is 2.37. The molecular formula is C15H17NO4. The molecule has 5 nitrogen and oxygen atoms in total. The van der Waals surface area contributed by atoms with E-state index >= 15 is 0 Å². The molecule has 3 rings (SSSR count). The largest absolute Gasteiger partial charge is 0.419 e. The molecule has 0 saturated carbocycles. The predicted molar refractivity (Wildman–Crippen MR) is 74.1 cm³/mol. The minimum absolute atomic E-state index is 0.0292. The number of hydrogen-bond donors (Lipinski definition) is 0. The minimum atomic E-state index is -0.388. The molecule has 0 aliphatic carbocycles. The highest BCUT2D eigenvalue weighted by molar-refractivity contribution is 6.01. The molecule has 5 heteroatoms. The Kier molecular flexibility index (Phi) is 3.44. The fraction of sp³-hybridized carbons (Fsp3) is 0.467. The van der Waals surface area contributed by atoms with Crippen LogP contribution in [0.25, 0.3) is 11.1 Å². The molecular weight excluding hydrogens is 258 g/mol. The van der Waals surface area contributed by atoms with E-state index in [0.29, 0.717) is 24.3 Å². The lowest BCUT2D eigenvalue weighted by Gasteiger charge is -2.21. The van der Waals surface area contributed by atoms with Gasteiger partial charge in [0.2, 0.25) is 0 Å². The van der Waals surface area contributed by atoms with Crippen molar-refractivity contribution in [1.29, 1.82) is 0 Å². The van der Waals surface area contributed by atoms with Gasteiger partial charge in [0, 0.05) is 18.7 Å². The van der Waals surface area contributed by atoms with Crippen LogP contribution in [0.1, 0.15) is 36.5 Å². The first kappa shape index (κ1) is 13.1. The van der Waals surface area contributed by atoms with Crippen LogP contribution < -0.4 is 5.76 Å². The number of ether oxygens (including phenoxy) is 1. The Balaban J connectivity index is 1.96. The topological polar surface area (TPSA) is 61.4 Å². The lowest BCUT2D eigenvalue weighted by atomic mass is 10.00. The maximum absolute atomic E-state index is 12.4. The van der Waals surface area contributed by atoms with Gasteiger partial charge in [-0.25, -0.2) is 4.79 Å². The smallest absolute Gasteiger partial charge is 0.408 e. The number of carbonyl (C=O) groups excluding carboxylic acids is 1. The van der Waals surface area contributed by atoms with Crippen LogP contribution in [0.3, 0.4) is 0 Å². The summed E-state index contributed by atoms with van der Waals surface area (Å²) in [5.41, 5.74) is 1.72. The fourth-order valence-electron chi connectivity index (χ4n) is 2.65. The summed E-state index contributed by atoms with van der Waals surface area (Å²) in [7, 11) is 0. The third-order valence-electron chi connectivity index (χ3n) is 3.74. The van der Waals surface area contributed by atoms with E-state index in [0.717, 1.165) is 24.8 Å².